The predicted octanol–water partition coefficient (Wildman–Crippen LogP) is -0.670. The lowest BCUT2D eigenvalue weighted by Crippen LogP contribution is -2.73. The molecule has 44 heavy (non-hydrogen) atoms. The fourth-order valence-corrected chi connectivity index (χ4v) is 4.62. The summed E-state index contributed by atoms with van der Waals surface area (Å²) in [6.45, 7) is 0.585. The van der Waals surface area contributed by atoms with E-state index in [4.69, 9.17) is 22.9 Å². The van der Waals surface area contributed by atoms with Crippen molar-refractivity contribution in [3.63, 3.8) is 0 Å². The van der Waals surface area contributed by atoms with Gasteiger partial charge in [-0.05, 0) is 68.3 Å². The first-order valence-electron chi connectivity index (χ1n) is 13.1. The highest BCUT2D eigenvalue weighted by molar-refractivity contribution is 6.11. The van der Waals surface area contributed by atoms with Gasteiger partial charge < -0.3 is 38.3 Å². The molecule has 0 aliphatic carbocycles. The number of halogens is 1. The molecule has 1 aliphatic heterocycles. The molecule has 3 rings (SSSR count). The number of carbonyl (C=O) groups excluding carboxylic acids is 4. The zero-order chi connectivity index (χ0) is 31.7. The van der Waals surface area contributed by atoms with Gasteiger partial charge in [0.15, 0.2) is 23.2 Å². The number of amides is 3. The monoisotopic (exact) mass is 630 g/mol. The third-order valence-electron chi connectivity index (χ3n) is 6.62. The number of guanidine groups is 2. The van der Waals surface area contributed by atoms with Gasteiger partial charge in [-0.1, -0.05) is 0 Å². The number of aliphatic imine (C=N–C) groups is 2. The Balaban J connectivity index is 0.00000675. The maximum atomic E-state index is 13.7. The second-order valence-corrected chi connectivity index (χ2v) is 9.66. The lowest BCUT2D eigenvalue weighted by Gasteiger charge is -2.47. The number of carboxylic acid groups (broad SMARTS) is 1. The van der Waals surface area contributed by atoms with Crippen LogP contribution < -0.4 is 33.7 Å². The summed E-state index contributed by atoms with van der Waals surface area (Å²) in [6, 6.07) is 12.1. The Kier molecular flexibility index (Phi) is 12.2. The first-order valence-corrected chi connectivity index (χ1v) is 13.1. The number of hydrogen-bond donors (Lipinski definition) is 7. The van der Waals surface area contributed by atoms with Crippen molar-refractivity contribution in [2.24, 2.45) is 32.9 Å². The summed E-state index contributed by atoms with van der Waals surface area (Å²) < 4.78 is 0. The largest absolute Gasteiger partial charge is 0.480 e. The van der Waals surface area contributed by atoms with E-state index in [1.807, 2.05) is 0 Å². The topological polar surface area (TPSA) is 265 Å². The molecule has 0 radical (unpaired) electrons. The Morgan fingerprint density at radius 2 is 1.36 bits per heavy atom. The second kappa shape index (κ2) is 15.3. The molecule has 2 aromatic rings. The van der Waals surface area contributed by atoms with Gasteiger partial charge in [0, 0.05) is 30.8 Å². The van der Waals surface area contributed by atoms with Crippen LogP contribution in [0.2, 0.25) is 0 Å². The van der Waals surface area contributed by atoms with Gasteiger partial charge >= 0.3 is 5.97 Å². The van der Waals surface area contributed by atoms with Crippen molar-refractivity contribution >= 4 is 65.2 Å². The third kappa shape index (κ3) is 8.65. The van der Waals surface area contributed by atoms with Crippen LogP contribution in [0.3, 0.4) is 0 Å². The number of hydrogen-bond acceptors (Lipinski definition) is 8. The van der Waals surface area contributed by atoms with E-state index < -0.39 is 41.6 Å². The number of carbonyl (C=O) groups is 5. The van der Waals surface area contributed by atoms with E-state index in [9.17, 15) is 29.1 Å². The quantitative estimate of drug-likeness (QED) is 0.0668. The molecule has 1 atom stereocenters. The van der Waals surface area contributed by atoms with E-state index in [2.05, 4.69) is 20.7 Å². The smallest absolute Gasteiger partial charge is 0.323 e. The van der Waals surface area contributed by atoms with Crippen molar-refractivity contribution < 1.29 is 29.1 Å². The number of Topliss-reactive ketones (excluding diaryl/α,β-unsaturated/α-hetero) is 1. The van der Waals surface area contributed by atoms with Crippen LogP contribution in [0.4, 0.5) is 11.4 Å². The normalized spacial score (nSPS) is 16.2. The van der Waals surface area contributed by atoms with E-state index in [0.29, 0.717) is 16.9 Å². The molecule has 16 nitrogen and oxygen atoms in total. The summed E-state index contributed by atoms with van der Waals surface area (Å²) in [7, 11) is 0. The molecule has 0 unspecified atom stereocenters. The molecule has 0 aromatic heterocycles. The Labute approximate surface area is 258 Å². The Morgan fingerprint density at radius 1 is 0.864 bits per heavy atom. The summed E-state index contributed by atoms with van der Waals surface area (Å²) in [5.41, 5.74) is 23.6. The van der Waals surface area contributed by atoms with Gasteiger partial charge in [-0.15, -0.1) is 12.4 Å². The molecule has 0 spiro atoms. The van der Waals surface area contributed by atoms with Crippen molar-refractivity contribution in [1.29, 1.82) is 0 Å². The molecule has 1 saturated heterocycles. The number of rotatable bonds is 12. The van der Waals surface area contributed by atoms with Crippen LogP contribution >= 0.6 is 12.4 Å². The number of hydrazine groups is 1. The van der Waals surface area contributed by atoms with Gasteiger partial charge in [0.1, 0.15) is 6.54 Å². The minimum Gasteiger partial charge on any atom is -0.480 e. The van der Waals surface area contributed by atoms with E-state index in [1.165, 1.54) is 48.3 Å². The van der Waals surface area contributed by atoms with Crippen molar-refractivity contribution in [2.45, 2.75) is 25.3 Å². The minimum atomic E-state index is -1.91. The van der Waals surface area contributed by atoms with E-state index in [0.717, 1.165) is 4.90 Å². The van der Waals surface area contributed by atoms with Gasteiger partial charge in [0.25, 0.3) is 17.7 Å². The van der Waals surface area contributed by atoms with Crippen molar-refractivity contribution in [3.8, 4) is 0 Å². The zero-order valence-corrected chi connectivity index (χ0v) is 24.7. The van der Waals surface area contributed by atoms with Gasteiger partial charge in [-0.25, -0.2) is 9.98 Å². The maximum Gasteiger partial charge on any atom is 0.323 e. The standard InChI is InChI=1S/C27H34N10O6.ClH/c1-16(38)27(11-2-12-32-22(41)17-3-7-19(8-4-17)33-25(28)29)24(43)36(15-21(39)40)13-14-37(27)35-23(42)18-5-9-20(10-6-18)34-26(30)31;/h3-10H,2,11-15H2,1H3,(H,32,41)(H,35,42)(H,39,40)(H4,28,29,33)(H4,30,31,34);1H/t27-;/m0./s1. The fourth-order valence-electron chi connectivity index (χ4n) is 4.62. The SMILES string of the molecule is CC(=O)[C@@]1(CCCNC(=O)c2ccc(N=C(N)N)cc2)C(=O)N(CC(=O)O)CCN1NC(=O)c1ccc(N=C(N)N)cc1.Cl. The molecular weight excluding hydrogens is 596 g/mol. The number of nitrogens with one attached hydrogen (secondary N) is 2. The number of carboxylic acids is 1. The minimum absolute atomic E-state index is 0. The van der Waals surface area contributed by atoms with Crippen LogP contribution in [0, 0.1) is 0 Å². The lowest BCUT2D eigenvalue weighted by molar-refractivity contribution is -0.165. The van der Waals surface area contributed by atoms with Crippen LogP contribution in [-0.2, 0) is 14.4 Å². The Morgan fingerprint density at radius 3 is 1.82 bits per heavy atom. The Hall–Kier alpha value is -5.22. The zero-order valence-electron chi connectivity index (χ0n) is 23.9. The molecule has 1 aliphatic rings. The number of aliphatic carboxylic acids is 1. The highest BCUT2D eigenvalue weighted by atomic mass is 35.5. The fraction of sp³-hybridized carbons (Fsp3) is 0.296. The summed E-state index contributed by atoms with van der Waals surface area (Å²) in [6.07, 6.45) is 0.0222. The van der Waals surface area contributed by atoms with Crippen LogP contribution in [0.5, 0.6) is 0 Å². The van der Waals surface area contributed by atoms with E-state index in [1.54, 1.807) is 12.1 Å². The summed E-state index contributed by atoms with van der Waals surface area (Å²) in [5, 5.41) is 13.3. The molecule has 2 aromatic carbocycles. The molecule has 236 valence electrons. The number of ketones is 1. The molecule has 0 bridgehead atoms. The summed E-state index contributed by atoms with van der Waals surface area (Å²) in [4.78, 5) is 72.8. The van der Waals surface area contributed by atoms with Crippen molar-refractivity contribution in [1.82, 2.24) is 20.7 Å². The highest BCUT2D eigenvalue weighted by Gasteiger charge is 2.53. The van der Waals surface area contributed by atoms with Crippen LogP contribution in [0.1, 0.15) is 40.5 Å². The summed E-state index contributed by atoms with van der Waals surface area (Å²) >= 11 is 0. The Bertz CT molecular complexity index is 1440. The molecule has 1 heterocycles. The molecular formula is C27H35ClN10O6. The number of piperazine rings is 1. The third-order valence-corrected chi connectivity index (χ3v) is 6.62. The van der Waals surface area contributed by atoms with Crippen molar-refractivity contribution in [2.75, 3.05) is 26.2 Å². The van der Waals surface area contributed by atoms with Gasteiger partial charge in [-0.3, -0.25) is 29.4 Å². The average molecular weight is 631 g/mol. The number of nitrogens with zero attached hydrogens (tertiary/aromatic N) is 4. The van der Waals surface area contributed by atoms with Crippen LogP contribution in [0.15, 0.2) is 58.5 Å². The molecule has 11 N–H and O–H groups in total. The van der Waals surface area contributed by atoms with Crippen LogP contribution in [-0.4, -0.2) is 88.1 Å². The van der Waals surface area contributed by atoms with E-state index >= 15 is 0 Å². The number of benzene rings is 2. The molecule has 17 heteroatoms. The highest BCUT2D eigenvalue weighted by Crippen LogP contribution is 2.29. The van der Waals surface area contributed by atoms with Gasteiger partial charge in [0.2, 0.25) is 0 Å². The first kappa shape index (κ1) is 35.0. The average Bonchev–Trinajstić information content (AvgIpc) is 2.93. The second-order valence-electron chi connectivity index (χ2n) is 9.66. The predicted molar refractivity (Wildman–Crippen MR) is 164 cm³/mol. The first-order chi connectivity index (χ1) is 20.3. The number of nitrogens with two attached hydrogens (primary N) is 4. The lowest BCUT2D eigenvalue weighted by atomic mass is 9.84. The van der Waals surface area contributed by atoms with Gasteiger partial charge in [0.05, 0.1) is 11.4 Å². The summed E-state index contributed by atoms with van der Waals surface area (Å²) in [5.74, 6) is -3.91. The maximum absolute atomic E-state index is 13.7. The molecule has 3 amide bonds. The van der Waals surface area contributed by atoms with Crippen LogP contribution in [0.25, 0.3) is 0 Å². The van der Waals surface area contributed by atoms with Crippen molar-refractivity contribution in [3.05, 3.63) is 59.7 Å². The van der Waals surface area contributed by atoms with E-state index in [-0.39, 0.29) is 62.4 Å². The molecule has 0 saturated carbocycles. The van der Waals surface area contributed by atoms with Gasteiger partial charge in [-0.2, -0.15) is 5.01 Å². The molecule has 1 fully saturated rings.